The quantitative estimate of drug-likeness (QED) is 0.866. The van der Waals surface area contributed by atoms with Crippen molar-refractivity contribution in [1.29, 1.82) is 0 Å². The predicted molar refractivity (Wildman–Crippen MR) is 92.7 cm³/mol. The van der Waals surface area contributed by atoms with E-state index in [2.05, 4.69) is 10.6 Å². The van der Waals surface area contributed by atoms with Crippen LogP contribution in [-0.4, -0.2) is 42.3 Å². The van der Waals surface area contributed by atoms with E-state index in [4.69, 9.17) is 0 Å². The first-order valence-electron chi connectivity index (χ1n) is 8.46. The van der Waals surface area contributed by atoms with Gasteiger partial charge >= 0.3 is 0 Å². The fraction of sp³-hybridized carbons (Fsp3) is 0.500. The summed E-state index contributed by atoms with van der Waals surface area (Å²) in [6.45, 7) is 5.31. The summed E-state index contributed by atoms with van der Waals surface area (Å²) < 4.78 is 0. The highest BCUT2D eigenvalue weighted by Gasteiger charge is 2.27. The zero-order valence-corrected chi connectivity index (χ0v) is 14.3. The Morgan fingerprint density at radius 2 is 1.92 bits per heavy atom. The van der Waals surface area contributed by atoms with Crippen LogP contribution in [0.25, 0.3) is 0 Å². The summed E-state index contributed by atoms with van der Waals surface area (Å²) in [5, 5.41) is 5.60. The fourth-order valence-electron chi connectivity index (χ4n) is 2.85. The molecule has 0 unspecified atom stereocenters. The third-order valence-electron chi connectivity index (χ3n) is 4.13. The van der Waals surface area contributed by atoms with Crippen molar-refractivity contribution in [3.63, 3.8) is 0 Å². The molecule has 2 N–H and O–H groups in total. The maximum absolute atomic E-state index is 12.6. The topological polar surface area (TPSA) is 78.5 Å². The van der Waals surface area contributed by atoms with Crippen molar-refractivity contribution in [2.75, 3.05) is 25.0 Å². The van der Waals surface area contributed by atoms with E-state index < -0.39 is 0 Å². The largest absolute Gasteiger partial charge is 0.356 e. The smallest absolute Gasteiger partial charge is 0.253 e. The first-order valence-corrected chi connectivity index (χ1v) is 8.46. The molecule has 0 bridgehead atoms. The highest BCUT2D eigenvalue weighted by molar-refractivity contribution is 5.97. The molecule has 1 saturated heterocycles. The number of carbonyl (C=O) groups is 3. The molecule has 0 spiro atoms. The van der Waals surface area contributed by atoms with Gasteiger partial charge in [-0.2, -0.15) is 0 Å². The molecule has 0 saturated carbocycles. The Hall–Kier alpha value is -2.37. The number of carbonyl (C=O) groups excluding carboxylic acids is 3. The lowest BCUT2D eigenvalue weighted by Crippen LogP contribution is -2.43. The van der Waals surface area contributed by atoms with E-state index in [1.165, 1.54) is 6.92 Å². The number of hydrogen-bond acceptors (Lipinski definition) is 3. The standard InChI is InChI=1S/C18H25N3O3/c1-3-9-19-17(23)14-7-10-21(11-8-14)18(24)15-5-4-6-16(12-15)20-13(2)22/h4-6,12,14H,3,7-11H2,1-2H3,(H,19,23)(H,20,22). The van der Waals surface area contributed by atoms with E-state index in [0.717, 1.165) is 6.42 Å². The van der Waals surface area contributed by atoms with Crippen LogP contribution in [0, 0.1) is 5.92 Å². The first kappa shape index (κ1) is 18.0. The van der Waals surface area contributed by atoms with Crippen LogP contribution in [0.2, 0.25) is 0 Å². The van der Waals surface area contributed by atoms with Crippen molar-refractivity contribution in [2.45, 2.75) is 33.1 Å². The molecule has 1 aromatic carbocycles. The second kappa shape index (κ2) is 8.47. The van der Waals surface area contributed by atoms with Crippen LogP contribution in [0.3, 0.4) is 0 Å². The lowest BCUT2D eigenvalue weighted by Gasteiger charge is -2.31. The molecule has 0 aliphatic carbocycles. The van der Waals surface area contributed by atoms with Gasteiger partial charge in [0.05, 0.1) is 0 Å². The van der Waals surface area contributed by atoms with E-state index in [-0.39, 0.29) is 23.6 Å². The number of hydrogen-bond donors (Lipinski definition) is 2. The normalized spacial score (nSPS) is 15.0. The Bertz CT molecular complexity index is 607. The highest BCUT2D eigenvalue weighted by atomic mass is 16.2. The molecule has 0 radical (unpaired) electrons. The molecule has 1 aliphatic rings. The first-order chi connectivity index (χ1) is 11.5. The lowest BCUT2D eigenvalue weighted by molar-refractivity contribution is -0.126. The van der Waals surface area contributed by atoms with Crippen LogP contribution >= 0.6 is 0 Å². The van der Waals surface area contributed by atoms with Crippen molar-refractivity contribution in [3.8, 4) is 0 Å². The van der Waals surface area contributed by atoms with Crippen LogP contribution in [0.15, 0.2) is 24.3 Å². The number of amides is 3. The molecule has 2 rings (SSSR count). The third kappa shape index (κ3) is 4.81. The van der Waals surface area contributed by atoms with Gasteiger partial charge in [-0.1, -0.05) is 13.0 Å². The zero-order chi connectivity index (χ0) is 17.5. The van der Waals surface area contributed by atoms with Gasteiger partial charge in [-0.15, -0.1) is 0 Å². The molecule has 24 heavy (non-hydrogen) atoms. The predicted octanol–water partition coefficient (Wildman–Crippen LogP) is 2.02. The van der Waals surface area contributed by atoms with E-state index in [1.807, 2.05) is 6.92 Å². The molecule has 0 aromatic heterocycles. The molecule has 0 atom stereocenters. The van der Waals surface area contributed by atoms with Gasteiger partial charge in [0.2, 0.25) is 11.8 Å². The number of nitrogens with one attached hydrogen (secondary N) is 2. The van der Waals surface area contributed by atoms with E-state index in [1.54, 1.807) is 29.2 Å². The van der Waals surface area contributed by atoms with Crippen LogP contribution < -0.4 is 10.6 Å². The molecule has 6 heteroatoms. The SMILES string of the molecule is CCCNC(=O)C1CCN(C(=O)c2cccc(NC(C)=O)c2)CC1. The summed E-state index contributed by atoms with van der Waals surface area (Å²) >= 11 is 0. The van der Waals surface area contributed by atoms with Crippen molar-refractivity contribution in [1.82, 2.24) is 10.2 Å². The average molecular weight is 331 g/mol. The summed E-state index contributed by atoms with van der Waals surface area (Å²) in [7, 11) is 0. The molecule has 1 aromatic rings. The summed E-state index contributed by atoms with van der Waals surface area (Å²) in [5.74, 6) is -0.143. The average Bonchev–Trinajstić information content (AvgIpc) is 2.59. The van der Waals surface area contributed by atoms with Gasteiger partial charge in [0.15, 0.2) is 0 Å². The lowest BCUT2D eigenvalue weighted by atomic mass is 9.95. The molecule has 3 amide bonds. The van der Waals surface area contributed by atoms with Gasteiger partial charge in [0.25, 0.3) is 5.91 Å². The molecular formula is C18H25N3O3. The van der Waals surface area contributed by atoms with Crippen molar-refractivity contribution >= 4 is 23.4 Å². The maximum atomic E-state index is 12.6. The van der Waals surface area contributed by atoms with Crippen molar-refractivity contribution in [3.05, 3.63) is 29.8 Å². The Labute approximate surface area is 142 Å². The summed E-state index contributed by atoms with van der Waals surface area (Å²) in [6.07, 6.45) is 2.30. The number of nitrogens with zero attached hydrogens (tertiary/aromatic N) is 1. The van der Waals surface area contributed by atoms with Crippen molar-refractivity contribution in [2.24, 2.45) is 5.92 Å². The molecular weight excluding hydrogens is 306 g/mol. The number of piperidine rings is 1. The Balaban J connectivity index is 1.93. The monoisotopic (exact) mass is 331 g/mol. The van der Waals surface area contributed by atoms with Gasteiger partial charge in [-0.05, 0) is 37.5 Å². The van der Waals surface area contributed by atoms with Gasteiger partial charge in [-0.3, -0.25) is 14.4 Å². The number of benzene rings is 1. The van der Waals surface area contributed by atoms with Crippen LogP contribution in [0.1, 0.15) is 43.5 Å². The van der Waals surface area contributed by atoms with Crippen molar-refractivity contribution < 1.29 is 14.4 Å². The summed E-state index contributed by atoms with van der Waals surface area (Å²) in [4.78, 5) is 37.5. The molecule has 1 aliphatic heterocycles. The fourth-order valence-corrected chi connectivity index (χ4v) is 2.85. The van der Waals surface area contributed by atoms with E-state index >= 15 is 0 Å². The minimum Gasteiger partial charge on any atom is -0.356 e. The summed E-state index contributed by atoms with van der Waals surface area (Å²) in [6, 6.07) is 6.93. The third-order valence-corrected chi connectivity index (χ3v) is 4.13. The van der Waals surface area contributed by atoms with Crippen LogP contribution in [-0.2, 0) is 9.59 Å². The number of anilines is 1. The van der Waals surface area contributed by atoms with Gasteiger partial charge < -0.3 is 15.5 Å². The maximum Gasteiger partial charge on any atom is 0.253 e. The molecule has 130 valence electrons. The minimum atomic E-state index is -0.168. The molecule has 1 heterocycles. The second-order valence-electron chi connectivity index (χ2n) is 6.12. The number of rotatable bonds is 5. The van der Waals surface area contributed by atoms with Gasteiger partial charge in [0, 0.05) is 43.7 Å². The molecule has 1 fully saturated rings. The number of likely N-dealkylation sites (tertiary alicyclic amines) is 1. The molecule has 6 nitrogen and oxygen atoms in total. The Kier molecular flexibility index (Phi) is 6.35. The van der Waals surface area contributed by atoms with E-state index in [0.29, 0.717) is 43.7 Å². The van der Waals surface area contributed by atoms with Gasteiger partial charge in [-0.25, -0.2) is 0 Å². The highest BCUT2D eigenvalue weighted by Crippen LogP contribution is 2.20. The van der Waals surface area contributed by atoms with Crippen LogP contribution in [0.5, 0.6) is 0 Å². The van der Waals surface area contributed by atoms with E-state index in [9.17, 15) is 14.4 Å². The summed E-state index contributed by atoms with van der Waals surface area (Å²) in [5.41, 5.74) is 1.16. The van der Waals surface area contributed by atoms with Crippen LogP contribution in [0.4, 0.5) is 5.69 Å². The Morgan fingerprint density at radius 1 is 1.21 bits per heavy atom. The van der Waals surface area contributed by atoms with Gasteiger partial charge in [0.1, 0.15) is 0 Å². The zero-order valence-electron chi connectivity index (χ0n) is 14.3. The Morgan fingerprint density at radius 3 is 2.54 bits per heavy atom. The second-order valence-corrected chi connectivity index (χ2v) is 6.12. The minimum absolute atomic E-state index is 0.00804.